The normalized spacial score (nSPS) is 12.5. The number of halogens is 4. The van der Waals surface area contributed by atoms with Crippen molar-refractivity contribution < 1.29 is 18.1 Å². The van der Waals surface area contributed by atoms with E-state index in [0.717, 1.165) is 10.7 Å². The molecule has 2 aromatic rings. The van der Waals surface area contributed by atoms with Gasteiger partial charge < -0.3 is 0 Å². The molecule has 0 bridgehead atoms. The second-order valence-corrected chi connectivity index (χ2v) is 4.65. The number of nitrogens with zero attached hydrogens (tertiary/aromatic N) is 4. The second-order valence-electron chi connectivity index (χ2n) is 4.24. The van der Waals surface area contributed by atoms with Crippen molar-refractivity contribution in [3.05, 3.63) is 56.6 Å². The smallest absolute Gasteiger partial charge is 0.259 e. The van der Waals surface area contributed by atoms with Crippen LogP contribution in [0.5, 0.6) is 0 Å². The van der Waals surface area contributed by atoms with Gasteiger partial charge in [-0.25, -0.2) is 9.67 Å². The molecule has 6 nitrogen and oxygen atoms in total. The Morgan fingerprint density at radius 1 is 1.50 bits per heavy atom. The highest BCUT2D eigenvalue weighted by Crippen LogP contribution is 2.32. The largest absolute Gasteiger partial charge is 0.417 e. The average molecular weight is 333 g/mol. The van der Waals surface area contributed by atoms with E-state index in [0.29, 0.717) is 6.20 Å². The van der Waals surface area contributed by atoms with Crippen molar-refractivity contribution in [2.75, 3.05) is 0 Å². The van der Waals surface area contributed by atoms with Crippen molar-refractivity contribution in [1.29, 1.82) is 0 Å². The quantitative estimate of drug-likeness (QED) is 0.636. The third-order valence-electron chi connectivity index (χ3n) is 2.67. The fraction of sp³-hybridized carbons (Fsp3) is 0.167. The van der Waals surface area contributed by atoms with Crippen LogP contribution in [-0.4, -0.2) is 19.7 Å². The zero-order chi connectivity index (χ0) is 16.5. The van der Waals surface area contributed by atoms with Gasteiger partial charge in [0.15, 0.2) is 5.82 Å². The van der Waals surface area contributed by atoms with Gasteiger partial charge in [0.25, 0.3) is 0 Å². The van der Waals surface area contributed by atoms with Gasteiger partial charge in [0.05, 0.1) is 27.4 Å². The summed E-state index contributed by atoms with van der Waals surface area (Å²) in [4.78, 5) is 13.7. The Morgan fingerprint density at radius 2 is 2.18 bits per heavy atom. The van der Waals surface area contributed by atoms with Crippen molar-refractivity contribution in [3.8, 4) is 5.82 Å². The molecule has 0 amide bonds. The predicted octanol–water partition coefficient (Wildman–Crippen LogP) is 3.58. The van der Waals surface area contributed by atoms with Crippen molar-refractivity contribution in [2.24, 2.45) is 0 Å². The lowest BCUT2D eigenvalue weighted by molar-refractivity contribution is -0.422. The highest BCUT2D eigenvalue weighted by molar-refractivity contribution is 6.32. The molecule has 0 aliphatic heterocycles. The molecular weight excluding hydrogens is 325 g/mol. The minimum absolute atomic E-state index is 0.0536. The van der Waals surface area contributed by atoms with Crippen LogP contribution in [0.25, 0.3) is 11.9 Å². The fourth-order valence-corrected chi connectivity index (χ4v) is 1.85. The van der Waals surface area contributed by atoms with E-state index >= 15 is 0 Å². The van der Waals surface area contributed by atoms with Crippen LogP contribution < -0.4 is 0 Å². The summed E-state index contributed by atoms with van der Waals surface area (Å²) in [6, 6.07) is 2.17. The van der Waals surface area contributed by atoms with Gasteiger partial charge in [-0.05, 0) is 12.1 Å². The van der Waals surface area contributed by atoms with Crippen LogP contribution in [-0.2, 0) is 6.18 Å². The molecule has 116 valence electrons. The van der Waals surface area contributed by atoms with E-state index in [-0.39, 0.29) is 22.2 Å². The van der Waals surface area contributed by atoms with Crippen LogP contribution in [0, 0.1) is 10.1 Å². The van der Waals surface area contributed by atoms with Gasteiger partial charge in [0.1, 0.15) is 0 Å². The van der Waals surface area contributed by atoms with Gasteiger partial charge in [-0.1, -0.05) is 11.6 Å². The lowest BCUT2D eigenvalue weighted by atomic mass is 10.2. The van der Waals surface area contributed by atoms with Gasteiger partial charge in [0, 0.05) is 19.2 Å². The summed E-state index contributed by atoms with van der Waals surface area (Å²) in [7, 11) is 0. The molecule has 2 heterocycles. The first-order chi connectivity index (χ1) is 10.2. The minimum Gasteiger partial charge on any atom is -0.259 e. The molecule has 0 aromatic carbocycles. The number of nitro groups is 1. The monoisotopic (exact) mass is 332 g/mol. The third-order valence-corrected chi connectivity index (χ3v) is 2.94. The highest BCUT2D eigenvalue weighted by atomic mass is 35.5. The first-order valence-electron chi connectivity index (χ1n) is 5.80. The molecule has 10 heteroatoms. The summed E-state index contributed by atoms with van der Waals surface area (Å²) in [5.74, 6) is -0.0536. The molecule has 0 saturated carbocycles. The van der Waals surface area contributed by atoms with Gasteiger partial charge in [-0.2, -0.15) is 18.3 Å². The summed E-state index contributed by atoms with van der Waals surface area (Å²) >= 11 is 5.82. The lowest BCUT2D eigenvalue weighted by Gasteiger charge is -2.10. The second kappa shape index (κ2) is 5.76. The van der Waals surface area contributed by atoms with Crippen molar-refractivity contribution in [1.82, 2.24) is 14.8 Å². The molecule has 0 aliphatic rings. The number of pyridine rings is 1. The average Bonchev–Trinajstić information content (AvgIpc) is 2.85. The maximum atomic E-state index is 12.6. The Bertz CT molecular complexity index is 755. The third kappa shape index (κ3) is 3.25. The van der Waals surface area contributed by atoms with Gasteiger partial charge in [-0.3, -0.25) is 10.1 Å². The molecule has 0 N–H and O–H groups in total. The first-order valence-corrected chi connectivity index (χ1v) is 6.18. The Morgan fingerprint density at radius 3 is 2.73 bits per heavy atom. The lowest BCUT2D eigenvalue weighted by Crippen LogP contribution is -2.09. The molecule has 0 spiro atoms. The zero-order valence-electron chi connectivity index (χ0n) is 11.0. The molecule has 2 rings (SSSR count). The Hall–Kier alpha value is -2.42. The maximum Gasteiger partial charge on any atom is 0.417 e. The van der Waals surface area contributed by atoms with E-state index < -0.39 is 16.7 Å². The van der Waals surface area contributed by atoms with Crippen LogP contribution in [0.2, 0.25) is 5.02 Å². The Kier molecular flexibility index (Phi) is 4.18. The van der Waals surface area contributed by atoms with Gasteiger partial charge in [0.2, 0.25) is 5.70 Å². The molecule has 0 atom stereocenters. The highest BCUT2D eigenvalue weighted by Gasteiger charge is 2.31. The van der Waals surface area contributed by atoms with E-state index in [1.165, 1.54) is 25.3 Å². The van der Waals surface area contributed by atoms with E-state index in [4.69, 9.17) is 11.6 Å². The SMILES string of the molecule is CC(=Cc1ccnn1-c1ncc(C(F)(F)F)cc1Cl)[N+](=O)[O-]. The van der Waals surface area contributed by atoms with E-state index in [9.17, 15) is 23.3 Å². The summed E-state index contributed by atoms with van der Waals surface area (Å²) in [6.07, 6.45) is -1.40. The molecule has 0 radical (unpaired) electrons. The number of aromatic nitrogens is 3. The minimum atomic E-state index is -4.57. The summed E-state index contributed by atoms with van der Waals surface area (Å²) in [6.45, 7) is 1.28. The van der Waals surface area contributed by atoms with Crippen LogP contribution in [0.4, 0.5) is 13.2 Å². The first kappa shape index (κ1) is 16.0. The van der Waals surface area contributed by atoms with Crippen LogP contribution in [0.15, 0.2) is 30.2 Å². The Labute approximate surface area is 127 Å². The van der Waals surface area contributed by atoms with E-state index in [1.54, 1.807) is 0 Å². The molecular formula is C12H8ClF3N4O2. The van der Waals surface area contributed by atoms with Crippen molar-refractivity contribution in [2.45, 2.75) is 13.1 Å². The van der Waals surface area contributed by atoms with E-state index in [2.05, 4.69) is 10.1 Å². The maximum absolute atomic E-state index is 12.6. The van der Waals surface area contributed by atoms with Gasteiger partial charge in [-0.15, -0.1) is 0 Å². The number of hydrogen-bond donors (Lipinski definition) is 0. The summed E-state index contributed by atoms with van der Waals surface area (Å²) in [5, 5.41) is 14.2. The van der Waals surface area contributed by atoms with E-state index in [1.807, 2.05) is 0 Å². The molecule has 0 aliphatic carbocycles. The van der Waals surface area contributed by atoms with Crippen molar-refractivity contribution in [3.63, 3.8) is 0 Å². The van der Waals surface area contributed by atoms with Crippen molar-refractivity contribution >= 4 is 17.7 Å². The van der Waals surface area contributed by atoms with Crippen LogP contribution in [0.1, 0.15) is 18.2 Å². The zero-order valence-corrected chi connectivity index (χ0v) is 11.8. The molecule has 0 saturated heterocycles. The number of allylic oxidation sites excluding steroid dienone is 1. The molecule has 0 unspecified atom stereocenters. The predicted molar refractivity (Wildman–Crippen MR) is 72.0 cm³/mol. The molecule has 2 aromatic heterocycles. The summed E-state index contributed by atoms with van der Waals surface area (Å²) in [5.41, 5.74) is -0.889. The topological polar surface area (TPSA) is 73.8 Å². The summed E-state index contributed by atoms with van der Waals surface area (Å²) < 4.78 is 38.9. The van der Waals surface area contributed by atoms with Crippen LogP contribution >= 0.6 is 11.6 Å². The number of hydrogen-bond acceptors (Lipinski definition) is 4. The number of alkyl halides is 3. The van der Waals surface area contributed by atoms with Crippen LogP contribution in [0.3, 0.4) is 0 Å². The van der Waals surface area contributed by atoms with Gasteiger partial charge >= 0.3 is 6.18 Å². The molecule has 22 heavy (non-hydrogen) atoms. The Balaban J connectivity index is 2.49. The standard InChI is InChI=1S/C12H8ClF3N4O2/c1-7(20(21)22)4-9-2-3-18-19(9)11-10(13)5-8(6-17-11)12(14,15)16/h2-6H,1H3. The number of rotatable bonds is 3. The fourth-order valence-electron chi connectivity index (χ4n) is 1.61. The molecule has 0 fully saturated rings.